The van der Waals surface area contributed by atoms with Crippen molar-refractivity contribution >= 4 is 77.7 Å². The Bertz CT molecular complexity index is 1090. The molecular weight excluding hydrogens is 908 g/mol. The molecule has 0 rings (SSSR count). The minimum absolute atomic E-state index is 0.0105. The first kappa shape index (κ1) is 59.5. The van der Waals surface area contributed by atoms with Crippen LogP contribution < -0.4 is 0 Å². The maximum atomic E-state index is 10.1. The summed E-state index contributed by atoms with van der Waals surface area (Å²) < 4.78 is 55.8. The molecule has 0 bridgehead atoms. The van der Waals surface area contributed by atoms with Crippen LogP contribution in [0.25, 0.3) is 0 Å². The first-order valence-electron chi connectivity index (χ1n) is 21.2. The Balaban J connectivity index is 7.25. The number of aliphatic hydroxyl groups excluding tert-OH is 8. The lowest BCUT2D eigenvalue weighted by Gasteiger charge is -2.48. The fraction of sp³-hybridized carbons (Fsp3) is 1.00. The standard InChI is InChI=1S/C33H85O16PSi8/c1-51(2,26-10-18-34)43-53(4,28-12-20-36)45-55(6,30-14-22-38)47-57(8,32-16-24-40)49-58(9,33-17-25-41)48-56(7,31-15-23-39)46-54(5,29-13-21-37)44-52(3,42-50)27-11-19-35/h34-41H,10-33,50H2,1-9H3. The number of aliphatic hydroxyl groups is 8. The molecule has 0 heterocycles. The monoisotopic (exact) mass is 992 g/mol. The minimum atomic E-state index is -3.37. The molecule has 0 fully saturated rings. The normalized spacial score (nSPS) is 20.0. The van der Waals surface area contributed by atoms with Gasteiger partial charge in [-0.05, 0) is 168 Å². The van der Waals surface area contributed by atoms with Crippen molar-refractivity contribution < 1.29 is 73.9 Å². The molecule has 0 aromatic rings. The van der Waals surface area contributed by atoms with E-state index in [9.17, 15) is 40.9 Å². The Morgan fingerprint density at radius 3 is 0.655 bits per heavy atom. The second-order valence-electron chi connectivity index (χ2n) is 17.1. The van der Waals surface area contributed by atoms with E-state index in [-0.39, 0.29) is 52.9 Å². The van der Waals surface area contributed by atoms with Crippen LogP contribution in [-0.2, 0) is 33.0 Å². The zero-order valence-corrected chi connectivity index (χ0v) is 46.5. The van der Waals surface area contributed by atoms with Gasteiger partial charge in [0.15, 0.2) is 8.32 Å². The lowest BCUT2D eigenvalue weighted by molar-refractivity contribution is 0.225. The van der Waals surface area contributed by atoms with Crippen molar-refractivity contribution in [2.75, 3.05) is 52.9 Å². The highest BCUT2D eigenvalue weighted by Gasteiger charge is 2.55. The van der Waals surface area contributed by atoms with Gasteiger partial charge in [0.2, 0.25) is 0 Å². The summed E-state index contributed by atoms with van der Waals surface area (Å²) in [5.74, 6) is 0. The predicted molar refractivity (Wildman–Crippen MR) is 249 cm³/mol. The largest absolute Gasteiger partial charge is 0.436 e. The van der Waals surface area contributed by atoms with E-state index in [4.69, 9.17) is 33.0 Å². The smallest absolute Gasteiger partial charge is 0.329 e. The third-order valence-corrected chi connectivity index (χ3v) is 46.8. The van der Waals surface area contributed by atoms with Crippen LogP contribution in [0.2, 0.25) is 107 Å². The highest BCUT2D eigenvalue weighted by atomic mass is 31.0. The average molecular weight is 994 g/mol. The Hall–Kier alpha value is 1.53. The molecule has 0 aliphatic heterocycles. The highest BCUT2D eigenvalue weighted by Crippen LogP contribution is 2.38. The molecule has 8 atom stereocenters. The predicted octanol–water partition coefficient (Wildman–Crippen LogP) is 4.68. The zero-order chi connectivity index (χ0) is 44.6. The summed E-state index contributed by atoms with van der Waals surface area (Å²) in [7, 11) is -22.3. The van der Waals surface area contributed by atoms with Crippen molar-refractivity contribution in [3.63, 3.8) is 0 Å². The lowest BCUT2D eigenvalue weighted by Crippen LogP contribution is -2.65. The average Bonchev–Trinajstić information content (AvgIpc) is 3.14. The van der Waals surface area contributed by atoms with Crippen LogP contribution in [0, 0.1) is 0 Å². The van der Waals surface area contributed by atoms with Crippen molar-refractivity contribution in [2.45, 2.75) is 159 Å². The van der Waals surface area contributed by atoms with Gasteiger partial charge in [-0.15, -0.1) is 0 Å². The second-order valence-corrected chi connectivity index (χ2v) is 47.2. The molecule has 0 aromatic heterocycles. The highest BCUT2D eigenvalue weighted by molar-refractivity contribution is 7.14. The molecule has 8 N–H and O–H groups in total. The summed E-state index contributed by atoms with van der Waals surface area (Å²) in [5, 5.41) is 79.2. The molecule has 0 aliphatic rings. The van der Waals surface area contributed by atoms with E-state index >= 15 is 0 Å². The van der Waals surface area contributed by atoms with Gasteiger partial charge in [0.25, 0.3) is 0 Å². The maximum Gasteiger partial charge on any atom is 0.329 e. The van der Waals surface area contributed by atoms with Gasteiger partial charge in [-0.25, -0.2) is 0 Å². The molecule has 0 spiro atoms. The van der Waals surface area contributed by atoms with Gasteiger partial charge in [0.05, 0.1) is 0 Å². The summed E-state index contributed by atoms with van der Waals surface area (Å²) in [6, 6.07) is 3.94. The molecule has 0 aromatic carbocycles. The molecule has 16 nitrogen and oxygen atoms in total. The number of hydrogen-bond donors (Lipinski definition) is 8. The van der Waals surface area contributed by atoms with Crippen LogP contribution in [0.1, 0.15) is 51.4 Å². The van der Waals surface area contributed by atoms with Gasteiger partial charge in [-0.1, -0.05) is 0 Å². The summed E-state index contributed by atoms with van der Waals surface area (Å²) in [6.45, 7) is 17.6. The molecular formula is C33H85O16PSi8. The second kappa shape index (κ2) is 29.1. The fourth-order valence-electron chi connectivity index (χ4n) is 7.55. The molecule has 0 aliphatic carbocycles. The van der Waals surface area contributed by atoms with E-state index in [1.807, 2.05) is 45.8 Å². The molecule has 8 unspecified atom stereocenters. The Kier molecular flexibility index (Phi) is 29.9. The molecule has 0 saturated carbocycles. The van der Waals surface area contributed by atoms with Crippen LogP contribution in [0.3, 0.4) is 0 Å². The van der Waals surface area contributed by atoms with Gasteiger partial charge in [-0.2, -0.15) is 0 Å². The Labute approximate surface area is 361 Å². The zero-order valence-electron chi connectivity index (χ0n) is 37.4. The molecule has 0 saturated heterocycles. The van der Waals surface area contributed by atoms with Crippen LogP contribution in [0.5, 0.6) is 0 Å². The molecule has 0 amide bonds. The number of rotatable bonds is 39. The quantitative estimate of drug-likeness (QED) is 0.0309. The fourth-order valence-corrected chi connectivity index (χ4v) is 50.8. The van der Waals surface area contributed by atoms with E-state index in [2.05, 4.69) is 22.6 Å². The van der Waals surface area contributed by atoms with E-state index in [0.717, 1.165) is 6.04 Å². The van der Waals surface area contributed by atoms with Crippen LogP contribution in [-0.4, -0.2) is 162 Å². The van der Waals surface area contributed by atoms with E-state index in [1.54, 1.807) is 0 Å². The first-order chi connectivity index (χ1) is 27.0. The molecule has 350 valence electrons. The van der Waals surface area contributed by atoms with E-state index in [1.165, 1.54) is 0 Å². The van der Waals surface area contributed by atoms with Crippen LogP contribution in [0.15, 0.2) is 0 Å². The topological polar surface area (TPSA) is 236 Å². The molecule has 58 heavy (non-hydrogen) atoms. The van der Waals surface area contributed by atoms with Crippen molar-refractivity contribution in [2.24, 2.45) is 0 Å². The van der Waals surface area contributed by atoms with Gasteiger partial charge in [-0.3, -0.25) is 0 Å². The van der Waals surface area contributed by atoms with Gasteiger partial charge >= 0.3 is 59.9 Å². The third kappa shape index (κ3) is 24.6. The Morgan fingerprint density at radius 1 is 0.276 bits per heavy atom. The van der Waals surface area contributed by atoms with Crippen molar-refractivity contribution in [3.05, 3.63) is 0 Å². The van der Waals surface area contributed by atoms with Crippen LogP contribution in [0.4, 0.5) is 0 Å². The summed E-state index contributed by atoms with van der Waals surface area (Å²) in [5.41, 5.74) is 0. The number of hydrogen-bond acceptors (Lipinski definition) is 16. The minimum Gasteiger partial charge on any atom is -0.436 e. The van der Waals surface area contributed by atoms with Gasteiger partial charge in [0.1, 0.15) is 0 Å². The van der Waals surface area contributed by atoms with Crippen molar-refractivity contribution in [1.82, 2.24) is 0 Å². The summed E-state index contributed by atoms with van der Waals surface area (Å²) in [4.78, 5) is 0. The van der Waals surface area contributed by atoms with E-state index in [0.29, 0.717) is 93.7 Å². The maximum absolute atomic E-state index is 10.1. The van der Waals surface area contributed by atoms with Crippen LogP contribution >= 0.6 is 9.47 Å². The molecule has 0 radical (unpaired) electrons. The van der Waals surface area contributed by atoms with E-state index < -0.39 is 68.2 Å². The SMILES string of the molecule is C[Si](C)(CCCO)O[Si](C)(CCCO)O[Si](C)(CCCO)O[Si](C)(CCCO)O[Si](C)(CCCO)O[Si](C)(CCCO)O[Si](C)(CCCO)O[Si](C)(CCCO)OP. The third-order valence-electron chi connectivity index (χ3n) is 9.79. The molecule has 25 heteroatoms. The lowest BCUT2D eigenvalue weighted by atomic mass is 10.5. The summed E-state index contributed by atoms with van der Waals surface area (Å²) in [6.07, 6.45) is 3.66. The van der Waals surface area contributed by atoms with Gasteiger partial charge in [0, 0.05) is 52.9 Å². The Morgan fingerprint density at radius 2 is 0.448 bits per heavy atom. The summed E-state index contributed by atoms with van der Waals surface area (Å²) >= 11 is 0. The van der Waals surface area contributed by atoms with Crippen molar-refractivity contribution in [3.8, 4) is 0 Å². The van der Waals surface area contributed by atoms with Gasteiger partial charge < -0.3 is 73.9 Å². The first-order valence-corrected chi connectivity index (χ1v) is 42.4. The van der Waals surface area contributed by atoms with Crippen molar-refractivity contribution in [1.29, 1.82) is 0 Å².